The van der Waals surface area contributed by atoms with Crippen LogP contribution in [0.1, 0.15) is 11.1 Å². The molecule has 0 saturated carbocycles. The van der Waals surface area contributed by atoms with E-state index in [9.17, 15) is 0 Å². The van der Waals surface area contributed by atoms with E-state index in [1.807, 2.05) is 13.8 Å². The molecule has 1 aromatic carbocycles. The Balaban J connectivity index is 3.60. The normalized spacial score (nSPS) is 9.88. The van der Waals surface area contributed by atoms with Gasteiger partial charge in [0.05, 0.1) is 28.4 Å². The van der Waals surface area contributed by atoms with E-state index in [1.165, 1.54) is 0 Å². The number of rotatable bonds is 4. The van der Waals surface area contributed by atoms with Crippen molar-refractivity contribution in [2.75, 3.05) is 28.4 Å². The molecular formula is C12H18O4. The molecule has 0 aliphatic carbocycles. The average Bonchev–Trinajstić information content (AvgIpc) is 2.30. The van der Waals surface area contributed by atoms with Gasteiger partial charge in [0, 0.05) is 11.1 Å². The zero-order valence-corrected chi connectivity index (χ0v) is 10.6. The average molecular weight is 226 g/mol. The lowest BCUT2D eigenvalue weighted by molar-refractivity contribution is 0.322. The number of hydrogen-bond acceptors (Lipinski definition) is 4. The standard InChI is InChI=1S/C12H18O4/c1-7-9(13-3)11(15-5)8(2)12(16-6)10(7)14-4/h1-6H3. The lowest BCUT2D eigenvalue weighted by atomic mass is 10.1. The second-order valence-electron chi connectivity index (χ2n) is 3.38. The van der Waals surface area contributed by atoms with Crippen molar-refractivity contribution in [1.82, 2.24) is 0 Å². The van der Waals surface area contributed by atoms with Gasteiger partial charge in [0.15, 0.2) is 23.0 Å². The van der Waals surface area contributed by atoms with Gasteiger partial charge < -0.3 is 18.9 Å². The van der Waals surface area contributed by atoms with Crippen LogP contribution in [0, 0.1) is 13.8 Å². The summed E-state index contributed by atoms with van der Waals surface area (Å²) in [5.41, 5.74) is 1.73. The lowest BCUT2D eigenvalue weighted by Gasteiger charge is -2.19. The Morgan fingerprint density at radius 1 is 0.500 bits per heavy atom. The number of benzene rings is 1. The third-order valence-corrected chi connectivity index (χ3v) is 2.59. The van der Waals surface area contributed by atoms with Gasteiger partial charge >= 0.3 is 0 Å². The van der Waals surface area contributed by atoms with Crippen molar-refractivity contribution in [1.29, 1.82) is 0 Å². The maximum atomic E-state index is 5.33. The Kier molecular flexibility index (Phi) is 3.88. The van der Waals surface area contributed by atoms with Crippen LogP contribution in [0.2, 0.25) is 0 Å². The summed E-state index contributed by atoms with van der Waals surface area (Å²) in [6, 6.07) is 0. The van der Waals surface area contributed by atoms with Crippen molar-refractivity contribution in [2.45, 2.75) is 13.8 Å². The van der Waals surface area contributed by atoms with Gasteiger partial charge in [-0.15, -0.1) is 0 Å². The molecule has 0 unspecified atom stereocenters. The van der Waals surface area contributed by atoms with Crippen LogP contribution in [-0.4, -0.2) is 28.4 Å². The highest BCUT2D eigenvalue weighted by Crippen LogP contribution is 2.47. The molecule has 0 heterocycles. The smallest absolute Gasteiger partial charge is 0.167 e. The molecule has 4 nitrogen and oxygen atoms in total. The topological polar surface area (TPSA) is 36.9 Å². The summed E-state index contributed by atoms with van der Waals surface area (Å²) < 4.78 is 21.3. The van der Waals surface area contributed by atoms with Crippen LogP contribution < -0.4 is 18.9 Å². The second-order valence-corrected chi connectivity index (χ2v) is 3.38. The molecule has 90 valence electrons. The summed E-state index contributed by atoms with van der Waals surface area (Å²) in [4.78, 5) is 0. The highest BCUT2D eigenvalue weighted by molar-refractivity contribution is 5.65. The van der Waals surface area contributed by atoms with E-state index in [2.05, 4.69) is 0 Å². The van der Waals surface area contributed by atoms with Crippen molar-refractivity contribution in [3.8, 4) is 23.0 Å². The molecule has 0 aromatic heterocycles. The van der Waals surface area contributed by atoms with Crippen LogP contribution >= 0.6 is 0 Å². The molecule has 0 fully saturated rings. The Labute approximate surface area is 96.1 Å². The fourth-order valence-corrected chi connectivity index (χ4v) is 1.87. The summed E-state index contributed by atoms with van der Waals surface area (Å²) >= 11 is 0. The molecule has 4 heteroatoms. The van der Waals surface area contributed by atoms with E-state index in [1.54, 1.807) is 28.4 Å². The zero-order chi connectivity index (χ0) is 12.3. The van der Waals surface area contributed by atoms with Gasteiger partial charge in [0.2, 0.25) is 0 Å². The van der Waals surface area contributed by atoms with Crippen molar-refractivity contribution < 1.29 is 18.9 Å². The highest BCUT2D eigenvalue weighted by atomic mass is 16.5. The van der Waals surface area contributed by atoms with Gasteiger partial charge in [-0.2, -0.15) is 0 Å². The van der Waals surface area contributed by atoms with E-state index in [0.717, 1.165) is 11.1 Å². The van der Waals surface area contributed by atoms with E-state index in [0.29, 0.717) is 23.0 Å². The van der Waals surface area contributed by atoms with E-state index in [4.69, 9.17) is 18.9 Å². The molecule has 0 spiro atoms. The van der Waals surface area contributed by atoms with Crippen LogP contribution in [0.3, 0.4) is 0 Å². The minimum absolute atomic E-state index is 0.678. The molecule has 0 amide bonds. The van der Waals surface area contributed by atoms with Crippen LogP contribution in [0.5, 0.6) is 23.0 Å². The first-order valence-electron chi connectivity index (χ1n) is 4.95. The fourth-order valence-electron chi connectivity index (χ4n) is 1.87. The van der Waals surface area contributed by atoms with Crippen molar-refractivity contribution in [2.24, 2.45) is 0 Å². The summed E-state index contributed by atoms with van der Waals surface area (Å²) in [5.74, 6) is 2.71. The molecule has 1 aromatic rings. The third kappa shape index (κ3) is 1.75. The van der Waals surface area contributed by atoms with Crippen molar-refractivity contribution in [3.05, 3.63) is 11.1 Å². The van der Waals surface area contributed by atoms with Crippen LogP contribution in [0.4, 0.5) is 0 Å². The third-order valence-electron chi connectivity index (χ3n) is 2.59. The van der Waals surface area contributed by atoms with Gasteiger partial charge in [-0.3, -0.25) is 0 Å². The van der Waals surface area contributed by atoms with E-state index in [-0.39, 0.29) is 0 Å². The SMILES string of the molecule is COc1c(C)c(OC)c(OC)c(C)c1OC. The largest absolute Gasteiger partial charge is 0.492 e. The Morgan fingerprint density at radius 2 is 0.688 bits per heavy atom. The first-order chi connectivity index (χ1) is 7.62. The van der Waals surface area contributed by atoms with Crippen molar-refractivity contribution >= 4 is 0 Å². The fraction of sp³-hybridized carbons (Fsp3) is 0.500. The molecule has 0 radical (unpaired) electrons. The molecule has 0 atom stereocenters. The summed E-state index contributed by atoms with van der Waals surface area (Å²) in [6.45, 7) is 3.81. The Hall–Kier alpha value is -1.58. The predicted octanol–water partition coefficient (Wildman–Crippen LogP) is 2.34. The summed E-state index contributed by atoms with van der Waals surface area (Å²) in [5, 5.41) is 0. The molecule has 16 heavy (non-hydrogen) atoms. The molecule has 0 aliphatic rings. The minimum Gasteiger partial charge on any atom is -0.492 e. The summed E-state index contributed by atoms with van der Waals surface area (Å²) in [7, 11) is 6.43. The number of methoxy groups -OCH3 is 4. The zero-order valence-electron chi connectivity index (χ0n) is 10.6. The Morgan fingerprint density at radius 3 is 0.812 bits per heavy atom. The van der Waals surface area contributed by atoms with E-state index < -0.39 is 0 Å². The molecule has 0 bridgehead atoms. The van der Waals surface area contributed by atoms with Gasteiger partial charge in [-0.1, -0.05) is 0 Å². The summed E-state index contributed by atoms with van der Waals surface area (Å²) in [6.07, 6.45) is 0. The van der Waals surface area contributed by atoms with Gasteiger partial charge in [-0.05, 0) is 13.8 Å². The molecule has 0 aliphatic heterocycles. The maximum Gasteiger partial charge on any atom is 0.167 e. The monoisotopic (exact) mass is 226 g/mol. The quantitative estimate of drug-likeness (QED) is 0.789. The predicted molar refractivity (Wildman–Crippen MR) is 62.1 cm³/mol. The first-order valence-corrected chi connectivity index (χ1v) is 4.95. The molecule has 1 rings (SSSR count). The minimum atomic E-state index is 0.678. The Bertz CT molecular complexity index is 315. The van der Waals surface area contributed by atoms with Gasteiger partial charge in [-0.25, -0.2) is 0 Å². The highest BCUT2D eigenvalue weighted by Gasteiger charge is 2.22. The molecule has 0 N–H and O–H groups in total. The van der Waals surface area contributed by atoms with Crippen molar-refractivity contribution in [3.63, 3.8) is 0 Å². The maximum absolute atomic E-state index is 5.33. The van der Waals surface area contributed by atoms with Crippen LogP contribution in [-0.2, 0) is 0 Å². The lowest BCUT2D eigenvalue weighted by Crippen LogP contribution is -2.02. The van der Waals surface area contributed by atoms with Gasteiger partial charge in [0.1, 0.15) is 0 Å². The molecular weight excluding hydrogens is 208 g/mol. The van der Waals surface area contributed by atoms with E-state index >= 15 is 0 Å². The van der Waals surface area contributed by atoms with Crippen LogP contribution in [0.25, 0.3) is 0 Å². The number of hydrogen-bond donors (Lipinski definition) is 0. The number of ether oxygens (including phenoxy) is 4. The molecule has 0 saturated heterocycles. The van der Waals surface area contributed by atoms with Gasteiger partial charge in [0.25, 0.3) is 0 Å². The van der Waals surface area contributed by atoms with Crippen LogP contribution in [0.15, 0.2) is 0 Å². The first kappa shape index (κ1) is 12.5. The second kappa shape index (κ2) is 4.96.